The van der Waals surface area contributed by atoms with Crippen LogP contribution in [0.4, 0.5) is 0 Å². The topological polar surface area (TPSA) is 68.0 Å². The monoisotopic (exact) mass is 656 g/mol. The van der Waals surface area contributed by atoms with E-state index in [0.717, 1.165) is 50.7 Å². The summed E-state index contributed by atoms with van der Waals surface area (Å²) in [5.41, 5.74) is 3.44. The summed E-state index contributed by atoms with van der Waals surface area (Å²) in [7, 11) is -3.60. The van der Waals surface area contributed by atoms with E-state index in [9.17, 15) is 9.90 Å². The standard InChI is InChI=1S/C37H61NO5Si2/c1-28(21-22-38-27-34(40)43-33-26-30-18-12-13-20-31(30)35(33)38)25-32(39)29(19-16-24-42-45(10,11)37(5,6)7)17-14-15-23-41-44(8,9)36(2,3)4/h12-13,17-18,20,22,27-28,33,35H,14-16,19,21,23-26H2,1-11H3/p+1/b29-17-,38-22?/t28-,33+,35-/m0/s1. The second kappa shape index (κ2) is 15.3. The van der Waals surface area contributed by atoms with Crippen molar-refractivity contribution in [3.8, 4) is 0 Å². The summed E-state index contributed by atoms with van der Waals surface area (Å²) < 4.78 is 20.7. The molecule has 6 nitrogen and oxygen atoms in total. The van der Waals surface area contributed by atoms with Gasteiger partial charge >= 0.3 is 5.95 Å². The summed E-state index contributed by atoms with van der Waals surface area (Å²) in [6, 6.07) is 8.44. The lowest BCUT2D eigenvalue weighted by molar-refractivity contribution is -0.531. The van der Waals surface area contributed by atoms with E-state index < -0.39 is 16.6 Å². The van der Waals surface area contributed by atoms with Crippen molar-refractivity contribution in [2.75, 3.05) is 13.2 Å². The van der Waals surface area contributed by atoms with Gasteiger partial charge in [0.05, 0.1) is 0 Å². The highest BCUT2D eigenvalue weighted by atomic mass is 28.4. The molecule has 1 N–H and O–H groups in total. The number of Topliss-reactive ketones (excluding diaryl/α,β-unsaturated/α-hetero) is 1. The maximum Gasteiger partial charge on any atom is 0.344 e. The number of carbonyl (C=O) groups is 1. The van der Waals surface area contributed by atoms with Crippen LogP contribution in [0.15, 0.2) is 48.1 Å². The molecule has 252 valence electrons. The molecule has 3 rings (SSSR count). The highest BCUT2D eigenvalue weighted by Crippen LogP contribution is 2.40. The molecular formula is C37H62NO5Si2+. The quantitative estimate of drug-likeness (QED) is 0.0881. The smallest absolute Gasteiger partial charge is 0.344 e. The van der Waals surface area contributed by atoms with Crippen LogP contribution < -0.4 is 0 Å². The Morgan fingerprint density at radius 2 is 1.62 bits per heavy atom. The second-order valence-corrected chi connectivity index (χ2v) is 25.9. The van der Waals surface area contributed by atoms with Crippen LogP contribution in [0.25, 0.3) is 0 Å². The molecule has 1 aromatic rings. The van der Waals surface area contributed by atoms with Gasteiger partial charge in [0.25, 0.3) is 0 Å². The van der Waals surface area contributed by atoms with E-state index in [1.165, 1.54) is 11.1 Å². The zero-order chi connectivity index (χ0) is 33.6. The highest BCUT2D eigenvalue weighted by molar-refractivity contribution is 6.74. The third kappa shape index (κ3) is 10.2. The van der Waals surface area contributed by atoms with Crippen molar-refractivity contribution in [2.24, 2.45) is 5.92 Å². The minimum absolute atomic E-state index is 0.0462. The van der Waals surface area contributed by atoms with Crippen LogP contribution in [0.1, 0.15) is 104 Å². The van der Waals surface area contributed by atoms with E-state index in [1.54, 1.807) is 6.20 Å². The van der Waals surface area contributed by atoms with Crippen molar-refractivity contribution >= 4 is 28.6 Å². The molecule has 0 aromatic heterocycles. The predicted molar refractivity (Wildman–Crippen MR) is 191 cm³/mol. The van der Waals surface area contributed by atoms with E-state index in [1.807, 2.05) is 0 Å². The highest BCUT2D eigenvalue weighted by Gasteiger charge is 2.45. The van der Waals surface area contributed by atoms with Crippen LogP contribution in [0.5, 0.6) is 0 Å². The van der Waals surface area contributed by atoms with Gasteiger partial charge in [-0.2, -0.15) is 4.58 Å². The molecule has 1 aliphatic carbocycles. The number of aliphatic hydroxyl groups excluding tert-OH is 1. The average molecular weight is 657 g/mol. The third-order valence-electron chi connectivity index (χ3n) is 10.5. The molecule has 0 spiro atoms. The van der Waals surface area contributed by atoms with Gasteiger partial charge < -0.3 is 18.7 Å². The minimum atomic E-state index is -1.82. The molecule has 8 heteroatoms. The summed E-state index contributed by atoms with van der Waals surface area (Å²) >= 11 is 0. The van der Waals surface area contributed by atoms with Crippen molar-refractivity contribution in [3.05, 3.63) is 59.2 Å². The number of ether oxygens (including phenoxy) is 1. The van der Waals surface area contributed by atoms with Gasteiger partial charge in [0.15, 0.2) is 28.5 Å². The number of carbonyl (C=O) groups excluding carboxylic acids is 1. The van der Waals surface area contributed by atoms with Crippen molar-refractivity contribution in [1.82, 2.24) is 0 Å². The fraction of sp³-hybridized carbons (Fsp3) is 0.676. The fourth-order valence-corrected chi connectivity index (χ4v) is 7.63. The number of hydrogen-bond donors (Lipinski definition) is 1. The maximum atomic E-state index is 13.7. The molecule has 0 fully saturated rings. The van der Waals surface area contributed by atoms with Gasteiger partial charge in [-0.05, 0) is 79.0 Å². The van der Waals surface area contributed by atoms with Crippen molar-refractivity contribution in [2.45, 2.75) is 142 Å². The van der Waals surface area contributed by atoms with E-state index >= 15 is 0 Å². The molecule has 0 radical (unpaired) electrons. The first-order chi connectivity index (χ1) is 20.8. The second-order valence-electron chi connectivity index (χ2n) is 16.3. The molecule has 1 aliphatic heterocycles. The summed E-state index contributed by atoms with van der Waals surface area (Å²) in [5, 5.41) is 10.7. The molecule has 3 atom stereocenters. The van der Waals surface area contributed by atoms with Crippen LogP contribution in [0.3, 0.4) is 0 Å². The van der Waals surface area contributed by atoms with Crippen LogP contribution in [0.2, 0.25) is 36.3 Å². The number of rotatable bonds is 15. The number of nitrogens with zero attached hydrogens (tertiary/aromatic N) is 1. The lowest BCUT2D eigenvalue weighted by Crippen LogP contribution is -2.41. The zero-order valence-electron chi connectivity index (χ0n) is 30.2. The minimum Gasteiger partial charge on any atom is -0.477 e. The molecule has 0 saturated heterocycles. The Hall–Kier alpha value is -2.01. The number of benzene rings is 1. The Labute approximate surface area is 276 Å². The number of fused-ring (bicyclic) bond motifs is 3. The Morgan fingerprint density at radius 1 is 1.02 bits per heavy atom. The van der Waals surface area contributed by atoms with Crippen molar-refractivity contribution in [3.63, 3.8) is 0 Å². The molecule has 0 saturated carbocycles. The van der Waals surface area contributed by atoms with Crippen LogP contribution in [0, 0.1) is 5.92 Å². The summed E-state index contributed by atoms with van der Waals surface area (Å²) in [6.45, 7) is 26.3. The molecule has 2 aliphatic rings. The lowest BCUT2D eigenvalue weighted by atomic mass is 9.94. The van der Waals surface area contributed by atoms with E-state index in [-0.39, 0.29) is 39.9 Å². The van der Waals surface area contributed by atoms with Gasteiger partial charge in [-0.3, -0.25) is 4.79 Å². The lowest BCUT2D eigenvalue weighted by Gasteiger charge is -2.36. The van der Waals surface area contributed by atoms with Gasteiger partial charge in [0.1, 0.15) is 6.21 Å². The van der Waals surface area contributed by atoms with Crippen LogP contribution in [-0.4, -0.2) is 57.6 Å². The van der Waals surface area contributed by atoms with Crippen molar-refractivity contribution < 1.29 is 28.1 Å². The number of aliphatic hydroxyl groups is 1. The molecule has 0 bridgehead atoms. The normalized spacial score (nSPS) is 20.8. The van der Waals surface area contributed by atoms with E-state index in [0.29, 0.717) is 13.0 Å². The van der Waals surface area contributed by atoms with E-state index in [4.69, 9.17) is 13.6 Å². The molecule has 1 heterocycles. The molecular weight excluding hydrogens is 595 g/mol. The first-order valence-corrected chi connectivity index (χ1v) is 22.9. The summed E-state index contributed by atoms with van der Waals surface area (Å²) in [6.07, 6.45) is 11.3. The molecule has 0 unspecified atom stereocenters. The van der Waals surface area contributed by atoms with Crippen LogP contribution in [-0.2, 0) is 24.8 Å². The van der Waals surface area contributed by atoms with Gasteiger partial charge in [-0.15, -0.1) is 0 Å². The Bertz CT molecular complexity index is 1250. The van der Waals surface area contributed by atoms with Gasteiger partial charge in [-0.1, -0.05) is 78.8 Å². The van der Waals surface area contributed by atoms with Crippen molar-refractivity contribution in [1.29, 1.82) is 0 Å². The Morgan fingerprint density at radius 3 is 2.24 bits per heavy atom. The molecule has 45 heavy (non-hydrogen) atoms. The van der Waals surface area contributed by atoms with E-state index in [2.05, 4.69) is 116 Å². The maximum absolute atomic E-state index is 13.7. The molecule has 0 amide bonds. The Kier molecular flexibility index (Phi) is 12.7. The van der Waals surface area contributed by atoms with Gasteiger partial charge in [-0.25, -0.2) is 0 Å². The summed E-state index contributed by atoms with van der Waals surface area (Å²) in [5.74, 6) is 0.351. The number of ketones is 1. The zero-order valence-corrected chi connectivity index (χ0v) is 32.2. The van der Waals surface area contributed by atoms with Gasteiger partial charge in [0, 0.05) is 38.0 Å². The number of unbranched alkanes of at least 4 members (excludes halogenated alkanes) is 1. The first-order valence-electron chi connectivity index (χ1n) is 17.1. The average Bonchev–Trinajstić information content (AvgIpc) is 3.29. The SMILES string of the molecule is C[C@@H](CC=[N+]1C=C(O)O[C@@H]2Cc3ccccc3[C@@H]21)CC(=O)/C(=C\CCCO[Si](C)(C)C(C)(C)C)CCCO[Si](C)(C)C(C)(C)C. The predicted octanol–water partition coefficient (Wildman–Crippen LogP) is 9.64. The Balaban J connectivity index is 1.63. The molecule has 1 aromatic carbocycles. The number of hydrogen-bond acceptors (Lipinski definition) is 5. The first kappa shape index (κ1) is 37.5. The summed E-state index contributed by atoms with van der Waals surface area (Å²) in [4.78, 5) is 13.7. The fourth-order valence-electron chi connectivity index (χ4n) is 5.45. The van der Waals surface area contributed by atoms with Crippen LogP contribution >= 0.6 is 0 Å². The third-order valence-corrected chi connectivity index (χ3v) is 19.6. The number of allylic oxidation sites excluding steroid dienone is 2. The largest absolute Gasteiger partial charge is 0.477 e. The van der Waals surface area contributed by atoms with Gasteiger partial charge in [0.2, 0.25) is 12.2 Å².